The van der Waals surface area contributed by atoms with E-state index in [-0.39, 0.29) is 28.4 Å². The third-order valence-electron chi connectivity index (χ3n) is 4.51. The van der Waals surface area contributed by atoms with Crippen molar-refractivity contribution in [2.45, 2.75) is 0 Å². The fourth-order valence-electron chi connectivity index (χ4n) is 3.13. The molecule has 3 N–H and O–H groups in total. The molecule has 0 radical (unpaired) electrons. The van der Waals surface area contributed by atoms with Gasteiger partial charge in [-0.1, -0.05) is 12.1 Å². The fourth-order valence-corrected chi connectivity index (χ4v) is 3.13. The lowest BCUT2D eigenvalue weighted by atomic mass is 10.1. The summed E-state index contributed by atoms with van der Waals surface area (Å²) in [7, 11) is 2.96. The second-order valence-corrected chi connectivity index (χ2v) is 6.24. The molecule has 0 aliphatic carbocycles. The van der Waals surface area contributed by atoms with Crippen LogP contribution in [-0.4, -0.2) is 39.6 Å². The molecule has 4 rings (SSSR count). The molecule has 0 spiro atoms. The number of carbonyl (C=O) groups excluding carboxylic acids is 1. The molecule has 0 saturated carbocycles. The number of methoxy groups -OCH3 is 2. The van der Waals surface area contributed by atoms with Crippen LogP contribution in [0.4, 0.5) is 4.39 Å². The molecule has 2 aromatic heterocycles. The number of nitrogens with two attached hydrogens (primary N) is 1. The van der Waals surface area contributed by atoms with Crippen molar-refractivity contribution in [3.63, 3.8) is 0 Å². The Balaban J connectivity index is 2.10. The molecule has 9 nitrogen and oxygen atoms in total. The third-order valence-corrected chi connectivity index (χ3v) is 4.51. The van der Waals surface area contributed by atoms with Crippen LogP contribution in [0, 0.1) is 5.82 Å². The van der Waals surface area contributed by atoms with E-state index in [1.54, 1.807) is 24.3 Å². The molecule has 4 aromatic rings. The van der Waals surface area contributed by atoms with Crippen molar-refractivity contribution in [1.82, 2.24) is 19.5 Å². The summed E-state index contributed by atoms with van der Waals surface area (Å²) in [5.74, 6) is -0.569. The van der Waals surface area contributed by atoms with Crippen molar-refractivity contribution in [2.24, 2.45) is 5.73 Å². The van der Waals surface area contributed by atoms with E-state index < -0.39 is 17.4 Å². The van der Waals surface area contributed by atoms with Gasteiger partial charge in [0.05, 0.1) is 25.5 Å². The number of halogens is 1. The first-order valence-corrected chi connectivity index (χ1v) is 8.74. The van der Waals surface area contributed by atoms with Crippen molar-refractivity contribution >= 4 is 17.1 Å². The Morgan fingerprint density at radius 3 is 2.57 bits per heavy atom. The van der Waals surface area contributed by atoms with Gasteiger partial charge in [0.1, 0.15) is 22.8 Å². The largest absolute Gasteiger partial charge is 0.497 e. The minimum absolute atomic E-state index is 0.00126. The highest BCUT2D eigenvalue weighted by atomic mass is 19.1. The number of nitrogens with zero attached hydrogens (tertiary/aromatic N) is 3. The van der Waals surface area contributed by atoms with E-state index >= 15 is 0 Å². The topological polar surface area (TPSA) is 125 Å². The zero-order chi connectivity index (χ0) is 21.4. The number of amides is 1. The van der Waals surface area contributed by atoms with E-state index in [1.807, 2.05) is 0 Å². The van der Waals surface area contributed by atoms with E-state index in [4.69, 9.17) is 15.2 Å². The number of aromatic amines is 1. The van der Waals surface area contributed by atoms with E-state index in [2.05, 4.69) is 15.0 Å². The van der Waals surface area contributed by atoms with Gasteiger partial charge in [0.2, 0.25) is 0 Å². The molecule has 2 heterocycles. The predicted octanol–water partition coefficient (Wildman–Crippen LogP) is 2.03. The van der Waals surface area contributed by atoms with Gasteiger partial charge < -0.3 is 20.2 Å². The lowest BCUT2D eigenvalue weighted by molar-refractivity contribution is 0.0997. The molecule has 0 fully saturated rings. The maximum atomic E-state index is 14.4. The van der Waals surface area contributed by atoms with Gasteiger partial charge in [0.25, 0.3) is 5.91 Å². The van der Waals surface area contributed by atoms with Crippen molar-refractivity contribution in [2.75, 3.05) is 14.2 Å². The van der Waals surface area contributed by atoms with Crippen LogP contribution in [0.5, 0.6) is 11.5 Å². The zero-order valence-corrected chi connectivity index (χ0v) is 16.0. The van der Waals surface area contributed by atoms with Crippen molar-refractivity contribution in [3.8, 4) is 28.6 Å². The van der Waals surface area contributed by atoms with Crippen LogP contribution in [0.3, 0.4) is 0 Å². The molecule has 0 atom stereocenters. The van der Waals surface area contributed by atoms with Gasteiger partial charge in [-0.25, -0.2) is 23.7 Å². The summed E-state index contributed by atoms with van der Waals surface area (Å²) >= 11 is 0. The molecule has 10 heteroatoms. The van der Waals surface area contributed by atoms with E-state index in [1.165, 1.54) is 32.4 Å². The smallest absolute Gasteiger partial charge is 0.332 e. The van der Waals surface area contributed by atoms with Gasteiger partial charge in [-0.3, -0.25) is 4.79 Å². The highest BCUT2D eigenvalue weighted by Crippen LogP contribution is 2.32. The van der Waals surface area contributed by atoms with Gasteiger partial charge in [0, 0.05) is 0 Å². The minimum atomic E-state index is -0.882. The summed E-state index contributed by atoms with van der Waals surface area (Å²) in [4.78, 5) is 35.8. The van der Waals surface area contributed by atoms with Gasteiger partial charge >= 0.3 is 5.69 Å². The first-order chi connectivity index (χ1) is 14.4. The Bertz CT molecular complexity index is 1350. The number of H-pyrrole nitrogens is 1. The maximum Gasteiger partial charge on any atom is 0.332 e. The van der Waals surface area contributed by atoms with Crippen LogP contribution in [0.15, 0.2) is 47.3 Å². The van der Waals surface area contributed by atoms with Crippen molar-refractivity contribution < 1.29 is 18.7 Å². The predicted molar refractivity (Wildman–Crippen MR) is 107 cm³/mol. The molecular formula is C20H16FN5O4. The average molecular weight is 409 g/mol. The number of aromatic nitrogens is 4. The van der Waals surface area contributed by atoms with E-state index in [0.29, 0.717) is 17.1 Å². The van der Waals surface area contributed by atoms with Crippen LogP contribution in [-0.2, 0) is 0 Å². The Labute approximate surface area is 168 Å². The second-order valence-electron chi connectivity index (χ2n) is 6.24. The molecule has 0 saturated heterocycles. The molecule has 0 aliphatic rings. The minimum Gasteiger partial charge on any atom is -0.497 e. The number of hydrogen-bond acceptors (Lipinski definition) is 6. The molecule has 1 amide bonds. The number of fused-ring (bicyclic) bond motifs is 1. The second kappa shape index (κ2) is 7.32. The summed E-state index contributed by atoms with van der Waals surface area (Å²) in [5, 5.41) is 0. The van der Waals surface area contributed by atoms with Crippen LogP contribution in [0.1, 0.15) is 10.5 Å². The summed E-state index contributed by atoms with van der Waals surface area (Å²) in [6.07, 6.45) is 0. The molecule has 0 aliphatic heterocycles. The Hall–Kier alpha value is -4.21. The highest BCUT2D eigenvalue weighted by molar-refractivity contribution is 6.02. The van der Waals surface area contributed by atoms with Crippen LogP contribution < -0.4 is 20.9 Å². The number of primary amides is 1. The Morgan fingerprint density at radius 2 is 1.90 bits per heavy atom. The molecule has 0 bridgehead atoms. The van der Waals surface area contributed by atoms with Crippen LogP contribution in [0.2, 0.25) is 0 Å². The fraction of sp³-hybridized carbons (Fsp3) is 0.100. The normalized spacial score (nSPS) is 10.9. The third kappa shape index (κ3) is 3.04. The molecule has 2 aromatic carbocycles. The number of ether oxygens (including phenoxy) is 2. The quantitative estimate of drug-likeness (QED) is 0.520. The first-order valence-electron chi connectivity index (χ1n) is 8.74. The average Bonchev–Trinajstić information content (AvgIpc) is 3.08. The van der Waals surface area contributed by atoms with Gasteiger partial charge in [0.15, 0.2) is 17.2 Å². The maximum absolute atomic E-state index is 14.4. The Kier molecular flexibility index (Phi) is 4.66. The number of carbonyl (C=O) groups is 1. The lowest BCUT2D eigenvalue weighted by Crippen LogP contribution is -2.16. The molecule has 0 unspecified atom stereocenters. The van der Waals surface area contributed by atoms with Gasteiger partial charge in [-0.05, 0) is 30.3 Å². The number of nitrogens with one attached hydrogen (secondary N) is 1. The molecule has 30 heavy (non-hydrogen) atoms. The summed E-state index contributed by atoms with van der Waals surface area (Å²) in [6, 6.07) is 10.6. The standard InChI is InChI=1S/C20H16FN5O4/c1-29-10-7-8-14(30-2)11(9-10)18-23-15(17(22)27)16-19(25-18)26(20(28)24-16)13-6-4-3-5-12(13)21/h3-9H,1-2H3,(H2,22,27)(H,24,28). The lowest BCUT2D eigenvalue weighted by Gasteiger charge is -2.11. The zero-order valence-electron chi connectivity index (χ0n) is 16.0. The molecular weight excluding hydrogens is 393 g/mol. The first kappa shape index (κ1) is 19.1. The van der Waals surface area contributed by atoms with Crippen LogP contribution in [0.25, 0.3) is 28.2 Å². The highest BCUT2D eigenvalue weighted by Gasteiger charge is 2.22. The summed E-state index contributed by atoms with van der Waals surface area (Å²) in [5.41, 5.74) is 4.94. The summed E-state index contributed by atoms with van der Waals surface area (Å²) < 4.78 is 26.0. The van der Waals surface area contributed by atoms with E-state index in [9.17, 15) is 14.0 Å². The number of imidazole rings is 1. The monoisotopic (exact) mass is 409 g/mol. The van der Waals surface area contributed by atoms with E-state index in [0.717, 1.165) is 4.57 Å². The number of hydrogen-bond donors (Lipinski definition) is 2. The molecule has 152 valence electrons. The van der Waals surface area contributed by atoms with Crippen LogP contribution >= 0.6 is 0 Å². The Morgan fingerprint density at radius 1 is 1.13 bits per heavy atom. The number of benzene rings is 2. The number of rotatable bonds is 5. The summed E-state index contributed by atoms with van der Waals surface area (Å²) in [6.45, 7) is 0. The SMILES string of the molecule is COc1ccc(OC)c(-c2nc(C(N)=O)c3[nH]c(=O)n(-c4ccccc4F)c3n2)c1. The van der Waals surface area contributed by atoms with Crippen molar-refractivity contribution in [3.05, 3.63) is 64.5 Å². The van der Waals surface area contributed by atoms with Gasteiger partial charge in [-0.15, -0.1) is 0 Å². The van der Waals surface area contributed by atoms with Crippen molar-refractivity contribution in [1.29, 1.82) is 0 Å². The number of para-hydroxylation sites is 1. The van der Waals surface area contributed by atoms with Gasteiger partial charge in [-0.2, -0.15) is 0 Å².